The number of rotatable bonds is 4. The van der Waals surface area contributed by atoms with E-state index in [1.54, 1.807) is 6.07 Å². The molecule has 0 fully saturated rings. The quantitative estimate of drug-likeness (QED) is 0.738. The minimum atomic E-state index is -0.856. The highest BCUT2D eigenvalue weighted by Gasteiger charge is 2.16. The Morgan fingerprint density at radius 3 is 2.67 bits per heavy atom. The average Bonchev–Trinajstić information content (AvgIpc) is 2.83. The van der Waals surface area contributed by atoms with E-state index in [-0.39, 0.29) is 12.0 Å². The standard InChI is InChI=1S/C14H13ClF2O/c1-2-10-6-7-13(18-10)11(15)8-9-4-3-5-12(16)14(9)17/h3-7,11H,2,8H2,1H3. The van der Waals surface area contributed by atoms with Crippen LogP contribution < -0.4 is 0 Å². The Labute approximate surface area is 109 Å². The molecule has 1 atom stereocenters. The zero-order chi connectivity index (χ0) is 13.1. The molecule has 1 heterocycles. The van der Waals surface area contributed by atoms with E-state index in [4.69, 9.17) is 16.0 Å². The van der Waals surface area contributed by atoms with Crippen molar-refractivity contribution in [2.45, 2.75) is 25.1 Å². The summed E-state index contributed by atoms with van der Waals surface area (Å²) >= 11 is 6.15. The molecule has 1 aromatic heterocycles. The number of benzene rings is 1. The van der Waals surface area contributed by atoms with Gasteiger partial charge in [-0.1, -0.05) is 19.1 Å². The number of alkyl halides is 1. The molecule has 0 saturated heterocycles. The summed E-state index contributed by atoms with van der Waals surface area (Å²) in [5.41, 5.74) is 0.254. The van der Waals surface area contributed by atoms with Crippen molar-refractivity contribution in [3.8, 4) is 0 Å². The van der Waals surface area contributed by atoms with E-state index in [9.17, 15) is 8.78 Å². The van der Waals surface area contributed by atoms with Crippen molar-refractivity contribution in [2.75, 3.05) is 0 Å². The van der Waals surface area contributed by atoms with Crippen molar-refractivity contribution >= 4 is 11.6 Å². The minimum absolute atomic E-state index is 0.196. The van der Waals surface area contributed by atoms with Crippen LogP contribution in [0.4, 0.5) is 8.78 Å². The molecule has 0 spiro atoms. The predicted molar refractivity (Wildman–Crippen MR) is 66.7 cm³/mol. The number of aryl methyl sites for hydroxylation is 1. The fourth-order valence-corrected chi connectivity index (χ4v) is 2.04. The third-order valence-corrected chi connectivity index (χ3v) is 3.14. The molecule has 0 bridgehead atoms. The summed E-state index contributed by atoms with van der Waals surface area (Å²) in [6.45, 7) is 1.97. The molecule has 0 aliphatic rings. The molecule has 1 aromatic carbocycles. The van der Waals surface area contributed by atoms with Crippen molar-refractivity contribution in [1.29, 1.82) is 0 Å². The van der Waals surface area contributed by atoms with Crippen LogP contribution in [-0.4, -0.2) is 0 Å². The Balaban J connectivity index is 2.15. The SMILES string of the molecule is CCc1ccc(C(Cl)Cc2cccc(F)c2F)o1. The molecule has 2 aromatic rings. The maximum Gasteiger partial charge on any atom is 0.162 e. The van der Waals surface area contributed by atoms with Gasteiger partial charge in [-0.05, 0) is 30.2 Å². The largest absolute Gasteiger partial charge is 0.465 e. The van der Waals surface area contributed by atoms with Gasteiger partial charge in [0.2, 0.25) is 0 Å². The predicted octanol–water partition coefficient (Wildman–Crippen LogP) is 4.64. The highest BCUT2D eigenvalue weighted by molar-refractivity contribution is 6.20. The van der Waals surface area contributed by atoms with Crippen molar-refractivity contribution in [2.24, 2.45) is 0 Å². The van der Waals surface area contributed by atoms with Crippen molar-refractivity contribution in [3.63, 3.8) is 0 Å². The smallest absolute Gasteiger partial charge is 0.162 e. The Hall–Kier alpha value is -1.35. The summed E-state index contributed by atoms with van der Waals surface area (Å²) in [6, 6.07) is 7.69. The second kappa shape index (κ2) is 5.53. The first-order valence-corrected chi connectivity index (χ1v) is 6.21. The molecule has 0 amide bonds. The Morgan fingerprint density at radius 1 is 1.22 bits per heavy atom. The Bertz CT molecular complexity index is 536. The molecule has 0 radical (unpaired) electrons. The molecule has 4 heteroatoms. The zero-order valence-corrected chi connectivity index (χ0v) is 10.7. The van der Waals surface area contributed by atoms with Gasteiger partial charge in [-0.15, -0.1) is 11.6 Å². The highest BCUT2D eigenvalue weighted by Crippen LogP contribution is 2.28. The number of hydrogen-bond donors (Lipinski definition) is 0. The van der Waals surface area contributed by atoms with Crippen LogP contribution in [0.25, 0.3) is 0 Å². The number of hydrogen-bond acceptors (Lipinski definition) is 1. The summed E-state index contributed by atoms with van der Waals surface area (Å²) in [5, 5.41) is -0.499. The van der Waals surface area contributed by atoms with Crippen LogP contribution >= 0.6 is 11.6 Å². The van der Waals surface area contributed by atoms with E-state index < -0.39 is 17.0 Å². The van der Waals surface area contributed by atoms with Gasteiger partial charge in [-0.25, -0.2) is 8.78 Å². The van der Waals surface area contributed by atoms with Crippen molar-refractivity contribution < 1.29 is 13.2 Å². The zero-order valence-electron chi connectivity index (χ0n) is 9.92. The van der Waals surface area contributed by atoms with E-state index in [1.807, 2.05) is 13.0 Å². The second-order valence-electron chi connectivity index (χ2n) is 4.04. The molecule has 0 aliphatic carbocycles. The van der Waals surface area contributed by atoms with Gasteiger partial charge in [0.25, 0.3) is 0 Å². The van der Waals surface area contributed by atoms with E-state index in [0.29, 0.717) is 5.76 Å². The first kappa shape index (κ1) is 13.1. The average molecular weight is 271 g/mol. The van der Waals surface area contributed by atoms with Gasteiger partial charge in [0.15, 0.2) is 11.6 Å². The van der Waals surface area contributed by atoms with Gasteiger partial charge < -0.3 is 4.42 Å². The molecule has 0 saturated carbocycles. The molecule has 18 heavy (non-hydrogen) atoms. The Morgan fingerprint density at radius 2 is 2.00 bits per heavy atom. The van der Waals surface area contributed by atoms with Crippen LogP contribution in [0.1, 0.15) is 29.4 Å². The van der Waals surface area contributed by atoms with Gasteiger partial charge in [-0.3, -0.25) is 0 Å². The molecule has 2 rings (SSSR count). The molecule has 1 nitrogen and oxygen atoms in total. The lowest BCUT2D eigenvalue weighted by Crippen LogP contribution is -1.99. The topological polar surface area (TPSA) is 13.1 Å². The lowest BCUT2D eigenvalue weighted by Gasteiger charge is -2.08. The van der Waals surface area contributed by atoms with E-state index in [0.717, 1.165) is 18.2 Å². The monoisotopic (exact) mass is 270 g/mol. The summed E-state index contributed by atoms with van der Waals surface area (Å²) in [5.74, 6) is -0.289. The van der Waals surface area contributed by atoms with Gasteiger partial charge in [0.05, 0.1) is 5.38 Å². The molecule has 1 unspecified atom stereocenters. The third kappa shape index (κ3) is 2.72. The number of furan rings is 1. The highest BCUT2D eigenvalue weighted by atomic mass is 35.5. The molecular formula is C14H13ClF2O. The lowest BCUT2D eigenvalue weighted by atomic mass is 10.1. The second-order valence-corrected chi connectivity index (χ2v) is 4.57. The lowest BCUT2D eigenvalue weighted by molar-refractivity contribution is 0.458. The van der Waals surface area contributed by atoms with Crippen LogP contribution in [0.15, 0.2) is 34.7 Å². The summed E-state index contributed by atoms with van der Waals surface area (Å²) in [6.07, 6.45) is 0.972. The van der Waals surface area contributed by atoms with E-state index in [1.165, 1.54) is 12.1 Å². The summed E-state index contributed by atoms with van der Waals surface area (Å²) < 4.78 is 32.0. The van der Waals surface area contributed by atoms with Crippen LogP contribution in [0.3, 0.4) is 0 Å². The van der Waals surface area contributed by atoms with Gasteiger partial charge >= 0.3 is 0 Å². The molecular weight excluding hydrogens is 258 g/mol. The third-order valence-electron chi connectivity index (χ3n) is 2.77. The fraction of sp³-hybridized carbons (Fsp3) is 0.286. The van der Waals surface area contributed by atoms with Gasteiger partial charge in [0, 0.05) is 6.42 Å². The minimum Gasteiger partial charge on any atom is -0.465 e. The first-order chi connectivity index (χ1) is 8.61. The summed E-state index contributed by atoms with van der Waals surface area (Å²) in [4.78, 5) is 0. The fourth-order valence-electron chi connectivity index (χ4n) is 1.75. The van der Waals surface area contributed by atoms with E-state index >= 15 is 0 Å². The van der Waals surface area contributed by atoms with Crippen LogP contribution in [0.2, 0.25) is 0 Å². The van der Waals surface area contributed by atoms with Crippen molar-refractivity contribution in [1.82, 2.24) is 0 Å². The first-order valence-electron chi connectivity index (χ1n) is 5.77. The van der Waals surface area contributed by atoms with Crippen LogP contribution in [0, 0.1) is 11.6 Å². The summed E-state index contributed by atoms with van der Waals surface area (Å²) in [7, 11) is 0. The Kier molecular flexibility index (Phi) is 4.02. The van der Waals surface area contributed by atoms with Crippen LogP contribution in [-0.2, 0) is 12.8 Å². The van der Waals surface area contributed by atoms with Gasteiger partial charge in [-0.2, -0.15) is 0 Å². The number of halogens is 3. The normalized spacial score (nSPS) is 12.7. The maximum atomic E-state index is 13.5. The van der Waals surface area contributed by atoms with Gasteiger partial charge in [0.1, 0.15) is 11.5 Å². The van der Waals surface area contributed by atoms with Crippen molar-refractivity contribution in [3.05, 3.63) is 59.1 Å². The molecule has 0 aliphatic heterocycles. The maximum absolute atomic E-state index is 13.5. The molecule has 0 N–H and O–H groups in total. The van der Waals surface area contributed by atoms with E-state index in [2.05, 4.69) is 0 Å². The van der Waals surface area contributed by atoms with Crippen LogP contribution in [0.5, 0.6) is 0 Å². The molecule has 96 valence electrons.